The number of aryl methyl sites for hydroxylation is 1. The predicted octanol–water partition coefficient (Wildman–Crippen LogP) is 4.80. The lowest BCUT2D eigenvalue weighted by atomic mass is 9.97. The molecule has 5 nitrogen and oxygen atoms in total. The summed E-state index contributed by atoms with van der Waals surface area (Å²) in [5.74, 6) is 0.0590. The first-order valence-corrected chi connectivity index (χ1v) is 11.2. The third kappa shape index (κ3) is 4.47. The van der Waals surface area contributed by atoms with Crippen molar-refractivity contribution in [2.24, 2.45) is 0 Å². The molecule has 1 amide bonds. The molecular formula is C23H26BrN3O2. The number of hydrogen-bond donors (Lipinski definition) is 1. The van der Waals surface area contributed by atoms with Gasteiger partial charge in [-0.05, 0) is 68.9 Å². The molecule has 0 unspecified atom stereocenters. The molecule has 2 aromatic heterocycles. The van der Waals surface area contributed by atoms with Gasteiger partial charge in [0.05, 0.1) is 11.0 Å². The quantitative estimate of drug-likeness (QED) is 0.519. The second kappa shape index (κ2) is 8.99. The topological polar surface area (TPSA) is 55.5 Å². The smallest absolute Gasteiger partial charge is 0.275 e. The summed E-state index contributed by atoms with van der Waals surface area (Å²) in [5.41, 5.74) is 3.96. The SMILES string of the molecule is O=C(CCCn1c(=O)c2cccn2c2ccc(Br)cc21)NCCC1=CCCCC1. The van der Waals surface area contributed by atoms with Gasteiger partial charge in [-0.3, -0.25) is 9.59 Å². The molecule has 3 aromatic rings. The average molecular weight is 456 g/mol. The largest absolute Gasteiger partial charge is 0.356 e. The summed E-state index contributed by atoms with van der Waals surface area (Å²) in [7, 11) is 0. The summed E-state index contributed by atoms with van der Waals surface area (Å²) in [6, 6.07) is 9.68. The molecule has 0 saturated carbocycles. The Balaban J connectivity index is 1.40. The maximum Gasteiger partial charge on any atom is 0.275 e. The molecule has 0 bridgehead atoms. The third-order valence-electron chi connectivity index (χ3n) is 5.64. The number of rotatable bonds is 7. The lowest BCUT2D eigenvalue weighted by molar-refractivity contribution is -0.121. The number of fused-ring (bicyclic) bond motifs is 3. The van der Waals surface area contributed by atoms with Gasteiger partial charge in [-0.25, -0.2) is 0 Å². The van der Waals surface area contributed by atoms with E-state index in [1.54, 1.807) is 4.57 Å². The Hall–Kier alpha value is -2.34. The molecular weight excluding hydrogens is 430 g/mol. The molecule has 0 fully saturated rings. The van der Waals surface area contributed by atoms with Crippen LogP contribution in [0.3, 0.4) is 0 Å². The number of hydrogen-bond acceptors (Lipinski definition) is 2. The first kappa shape index (κ1) is 20.0. The fraction of sp³-hybridized carbons (Fsp3) is 0.391. The molecule has 1 aromatic carbocycles. The molecule has 152 valence electrons. The monoisotopic (exact) mass is 455 g/mol. The standard InChI is InChI=1S/C23H26BrN3O2/c24-18-10-11-19-21(16-18)27(23(29)20-8-4-14-26(19)20)15-5-9-22(28)25-13-12-17-6-2-1-3-7-17/h4,6,8,10-11,14,16H,1-3,5,7,9,12-13,15H2,(H,25,28). The number of aromatic nitrogens is 2. The highest BCUT2D eigenvalue weighted by Crippen LogP contribution is 2.21. The van der Waals surface area contributed by atoms with E-state index >= 15 is 0 Å². The van der Waals surface area contributed by atoms with E-state index in [0.29, 0.717) is 31.4 Å². The number of nitrogens with one attached hydrogen (secondary N) is 1. The highest BCUT2D eigenvalue weighted by Gasteiger charge is 2.12. The van der Waals surface area contributed by atoms with E-state index in [0.717, 1.165) is 21.9 Å². The Kier molecular flexibility index (Phi) is 6.19. The van der Waals surface area contributed by atoms with Crippen LogP contribution < -0.4 is 10.9 Å². The van der Waals surface area contributed by atoms with Crippen molar-refractivity contribution in [2.75, 3.05) is 6.54 Å². The van der Waals surface area contributed by atoms with Crippen molar-refractivity contribution in [3.8, 4) is 0 Å². The molecule has 0 atom stereocenters. The van der Waals surface area contributed by atoms with Gasteiger partial charge in [0, 0.05) is 30.2 Å². The zero-order valence-electron chi connectivity index (χ0n) is 16.5. The highest BCUT2D eigenvalue weighted by atomic mass is 79.9. The Morgan fingerprint density at radius 3 is 2.86 bits per heavy atom. The summed E-state index contributed by atoms with van der Waals surface area (Å²) < 4.78 is 4.64. The van der Waals surface area contributed by atoms with Crippen molar-refractivity contribution < 1.29 is 4.79 Å². The normalized spacial score (nSPS) is 14.3. The van der Waals surface area contributed by atoms with E-state index in [1.807, 2.05) is 40.9 Å². The van der Waals surface area contributed by atoms with E-state index in [2.05, 4.69) is 27.3 Å². The number of carbonyl (C=O) groups excluding carboxylic acids is 1. The molecule has 2 heterocycles. The Morgan fingerprint density at radius 2 is 2.03 bits per heavy atom. The van der Waals surface area contributed by atoms with Crippen molar-refractivity contribution in [1.82, 2.24) is 14.3 Å². The zero-order valence-corrected chi connectivity index (χ0v) is 18.1. The molecule has 0 radical (unpaired) electrons. The summed E-state index contributed by atoms with van der Waals surface area (Å²) >= 11 is 3.51. The van der Waals surface area contributed by atoms with Gasteiger partial charge in [0.25, 0.3) is 5.56 Å². The molecule has 1 N–H and O–H groups in total. The number of halogens is 1. The van der Waals surface area contributed by atoms with Crippen molar-refractivity contribution in [3.63, 3.8) is 0 Å². The van der Waals surface area contributed by atoms with Crippen molar-refractivity contribution in [2.45, 2.75) is 51.5 Å². The molecule has 6 heteroatoms. The van der Waals surface area contributed by atoms with Gasteiger partial charge in [-0.1, -0.05) is 27.6 Å². The van der Waals surface area contributed by atoms with Gasteiger partial charge >= 0.3 is 0 Å². The summed E-state index contributed by atoms with van der Waals surface area (Å²) in [6.45, 7) is 1.22. The van der Waals surface area contributed by atoms with E-state index < -0.39 is 0 Å². The maximum absolute atomic E-state index is 13.0. The van der Waals surface area contributed by atoms with Crippen LogP contribution in [0.4, 0.5) is 0 Å². The van der Waals surface area contributed by atoms with Gasteiger partial charge < -0.3 is 14.3 Å². The summed E-state index contributed by atoms with van der Waals surface area (Å²) in [6.07, 6.45) is 11.1. The van der Waals surface area contributed by atoms with Crippen LogP contribution in [-0.2, 0) is 11.3 Å². The van der Waals surface area contributed by atoms with Crippen LogP contribution in [0.1, 0.15) is 44.9 Å². The lowest BCUT2D eigenvalue weighted by Crippen LogP contribution is -2.26. The fourth-order valence-corrected chi connectivity index (χ4v) is 4.48. The van der Waals surface area contributed by atoms with Crippen LogP contribution in [0.2, 0.25) is 0 Å². The lowest BCUT2D eigenvalue weighted by Gasteiger charge is -2.14. The number of carbonyl (C=O) groups is 1. The number of allylic oxidation sites excluding steroid dienone is 1. The Bertz CT molecular complexity index is 1130. The molecule has 0 aliphatic heterocycles. The van der Waals surface area contributed by atoms with Crippen LogP contribution in [-0.4, -0.2) is 21.4 Å². The molecule has 29 heavy (non-hydrogen) atoms. The van der Waals surface area contributed by atoms with E-state index in [1.165, 1.54) is 31.3 Å². The van der Waals surface area contributed by atoms with Crippen LogP contribution in [0.15, 0.2) is 57.4 Å². The third-order valence-corrected chi connectivity index (χ3v) is 6.13. The Morgan fingerprint density at radius 1 is 1.14 bits per heavy atom. The van der Waals surface area contributed by atoms with Crippen LogP contribution in [0, 0.1) is 0 Å². The predicted molar refractivity (Wildman–Crippen MR) is 120 cm³/mol. The van der Waals surface area contributed by atoms with Crippen LogP contribution >= 0.6 is 15.9 Å². The van der Waals surface area contributed by atoms with E-state index in [9.17, 15) is 9.59 Å². The second-order valence-corrected chi connectivity index (χ2v) is 8.58. The average Bonchev–Trinajstić information content (AvgIpc) is 3.21. The van der Waals surface area contributed by atoms with Crippen LogP contribution in [0.25, 0.3) is 16.6 Å². The van der Waals surface area contributed by atoms with E-state index in [-0.39, 0.29) is 11.5 Å². The summed E-state index contributed by atoms with van der Waals surface area (Å²) in [5, 5.41) is 3.02. The van der Waals surface area contributed by atoms with Gasteiger partial charge in [-0.15, -0.1) is 0 Å². The second-order valence-electron chi connectivity index (χ2n) is 7.66. The number of benzene rings is 1. The van der Waals surface area contributed by atoms with Gasteiger partial charge in [-0.2, -0.15) is 0 Å². The molecule has 4 rings (SSSR count). The fourth-order valence-electron chi connectivity index (χ4n) is 4.13. The van der Waals surface area contributed by atoms with Gasteiger partial charge in [0.1, 0.15) is 5.52 Å². The van der Waals surface area contributed by atoms with Crippen molar-refractivity contribution >= 4 is 38.4 Å². The van der Waals surface area contributed by atoms with E-state index in [4.69, 9.17) is 0 Å². The Labute approximate surface area is 178 Å². The van der Waals surface area contributed by atoms with Crippen LogP contribution in [0.5, 0.6) is 0 Å². The zero-order chi connectivity index (χ0) is 20.2. The first-order chi connectivity index (χ1) is 14.1. The minimum atomic E-state index is -0.0229. The minimum absolute atomic E-state index is 0.0229. The van der Waals surface area contributed by atoms with Crippen molar-refractivity contribution in [3.05, 3.63) is 63.0 Å². The summed E-state index contributed by atoms with van der Waals surface area (Å²) in [4.78, 5) is 25.2. The minimum Gasteiger partial charge on any atom is -0.356 e. The molecule has 1 aliphatic carbocycles. The van der Waals surface area contributed by atoms with Gasteiger partial charge in [0.15, 0.2) is 0 Å². The molecule has 0 spiro atoms. The molecule has 1 aliphatic rings. The first-order valence-electron chi connectivity index (χ1n) is 10.4. The number of amides is 1. The molecule has 0 saturated heterocycles. The van der Waals surface area contributed by atoms with Gasteiger partial charge in [0.2, 0.25) is 5.91 Å². The van der Waals surface area contributed by atoms with Crippen molar-refractivity contribution in [1.29, 1.82) is 0 Å². The maximum atomic E-state index is 13.0. The highest BCUT2D eigenvalue weighted by molar-refractivity contribution is 9.10. The number of nitrogens with zero attached hydrogens (tertiary/aromatic N) is 2.